The van der Waals surface area contributed by atoms with Gasteiger partial charge in [0.15, 0.2) is 11.6 Å². The second-order valence-corrected chi connectivity index (χ2v) is 6.18. The van der Waals surface area contributed by atoms with E-state index in [-0.39, 0.29) is 10.6 Å². The van der Waals surface area contributed by atoms with Gasteiger partial charge in [-0.3, -0.25) is 14.4 Å². The summed E-state index contributed by atoms with van der Waals surface area (Å²) in [4.78, 5) is 30.5. The molecule has 0 saturated carbocycles. The second kappa shape index (κ2) is 11.3. The van der Waals surface area contributed by atoms with Crippen molar-refractivity contribution in [3.05, 3.63) is 29.6 Å². The molecule has 1 atom stereocenters. The van der Waals surface area contributed by atoms with Crippen LogP contribution in [0.2, 0.25) is 0 Å². The molecular weight excluding hydrogens is 439 g/mol. The molecule has 5 nitrogen and oxygen atoms in total. The summed E-state index contributed by atoms with van der Waals surface area (Å²) in [6, 6.07) is 4.61. The fraction of sp³-hybridized carbons (Fsp3) is 0.400. The molecule has 0 aliphatic carbocycles. The lowest BCUT2D eigenvalue weighted by molar-refractivity contribution is -0.156. The zero-order valence-electron chi connectivity index (χ0n) is 12.9. The molecule has 8 heteroatoms. The molecule has 23 heavy (non-hydrogen) atoms. The largest absolute Gasteiger partial charge is 0.423 e. The molecule has 0 bridgehead atoms. The standard InChI is InChI=1S/C11H11Br2FO2.C4H6O3/c1-7(15)16-11-8(9(13)5-6-12)3-2-4-10(11)14;1-3(5)7-4(2)6/h2-4,9H,5-6H2,1H3;1-2H3. The normalized spacial score (nSPS) is 10.9. The highest BCUT2D eigenvalue weighted by atomic mass is 79.9. The van der Waals surface area contributed by atoms with Crippen LogP contribution >= 0.6 is 31.9 Å². The Hall–Kier alpha value is -1.28. The summed E-state index contributed by atoms with van der Waals surface area (Å²) in [6.07, 6.45) is 0.776. The summed E-state index contributed by atoms with van der Waals surface area (Å²) in [6.45, 7) is 3.62. The van der Waals surface area contributed by atoms with E-state index in [0.717, 1.165) is 11.8 Å². The summed E-state index contributed by atoms with van der Waals surface area (Å²) < 4.78 is 22.4. The zero-order chi connectivity index (χ0) is 18.0. The Bertz CT molecular complexity index is 551. The minimum Gasteiger partial charge on any atom is -0.423 e. The number of alkyl halides is 2. The number of hydrogen-bond acceptors (Lipinski definition) is 5. The van der Waals surface area contributed by atoms with Crippen LogP contribution in [0, 0.1) is 5.82 Å². The van der Waals surface area contributed by atoms with E-state index in [2.05, 4.69) is 36.6 Å². The maximum atomic E-state index is 13.5. The van der Waals surface area contributed by atoms with Crippen LogP contribution < -0.4 is 4.74 Å². The number of esters is 3. The van der Waals surface area contributed by atoms with Gasteiger partial charge in [0.1, 0.15) is 0 Å². The Morgan fingerprint density at radius 3 is 2.09 bits per heavy atom. The fourth-order valence-corrected chi connectivity index (χ4v) is 3.14. The van der Waals surface area contributed by atoms with Crippen molar-refractivity contribution in [3.63, 3.8) is 0 Å². The summed E-state index contributed by atoms with van der Waals surface area (Å²) in [5, 5.41) is 0.777. The van der Waals surface area contributed by atoms with E-state index in [9.17, 15) is 18.8 Å². The van der Waals surface area contributed by atoms with E-state index in [1.807, 2.05) is 0 Å². The van der Waals surface area contributed by atoms with E-state index >= 15 is 0 Å². The van der Waals surface area contributed by atoms with Crippen LogP contribution in [-0.2, 0) is 19.1 Å². The minimum atomic E-state index is -0.562. The molecular formula is C15H17Br2FO5. The lowest BCUT2D eigenvalue weighted by atomic mass is 10.1. The second-order valence-electron chi connectivity index (χ2n) is 4.28. The van der Waals surface area contributed by atoms with E-state index < -0.39 is 23.7 Å². The van der Waals surface area contributed by atoms with Crippen LogP contribution in [0.3, 0.4) is 0 Å². The quantitative estimate of drug-likeness (QED) is 0.296. The first-order valence-corrected chi connectivity index (χ1v) is 8.58. The van der Waals surface area contributed by atoms with Crippen molar-refractivity contribution in [2.75, 3.05) is 5.33 Å². The highest BCUT2D eigenvalue weighted by molar-refractivity contribution is 9.09. The smallest absolute Gasteiger partial charge is 0.310 e. The third-order valence-electron chi connectivity index (χ3n) is 2.23. The molecule has 0 saturated heterocycles. The van der Waals surface area contributed by atoms with Crippen LogP contribution in [0.1, 0.15) is 37.6 Å². The number of para-hydroxylation sites is 1. The monoisotopic (exact) mass is 454 g/mol. The number of rotatable bonds is 4. The maximum absolute atomic E-state index is 13.5. The molecule has 0 heterocycles. The molecule has 0 aliphatic heterocycles. The molecule has 0 fully saturated rings. The average Bonchev–Trinajstić information content (AvgIpc) is 2.40. The van der Waals surface area contributed by atoms with Crippen LogP contribution in [0.4, 0.5) is 4.39 Å². The van der Waals surface area contributed by atoms with Gasteiger partial charge in [-0.25, -0.2) is 4.39 Å². The Labute approximate surface area is 150 Å². The number of hydrogen-bond donors (Lipinski definition) is 0. The average molecular weight is 456 g/mol. The van der Waals surface area contributed by atoms with Gasteiger partial charge in [0.05, 0.1) is 0 Å². The molecule has 0 aromatic heterocycles. The van der Waals surface area contributed by atoms with Gasteiger partial charge in [0.2, 0.25) is 0 Å². The fourth-order valence-electron chi connectivity index (χ4n) is 1.48. The third kappa shape index (κ3) is 9.45. The van der Waals surface area contributed by atoms with Gasteiger partial charge in [-0.2, -0.15) is 0 Å². The highest BCUT2D eigenvalue weighted by Gasteiger charge is 2.17. The van der Waals surface area contributed by atoms with Crippen molar-refractivity contribution in [1.82, 2.24) is 0 Å². The van der Waals surface area contributed by atoms with Crippen LogP contribution in [0.5, 0.6) is 5.75 Å². The first-order valence-electron chi connectivity index (χ1n) is 6.54. The molecule has 128 valence electrons. The van der Waals surface area contributed by atoms with Crippen LogP contribution in [-0.4, -0.2) is 23.2 Å². The van der Waals surface area contributed by atoms with Gasteiger partial charge >= 0.3 is 17.9 Å². The van der Waals surface area contributed by atoms with Gasteiger partial charge in [0.25, 0.3) is 0 Å². The number of halogens is 3. The summed E-state index contributed by atoms with van der Waals surface area (Å²) in [5.41, 5.74) is 0.648. The van der Waals surface area contributed by atoms with Crippen LogP contribution in [0.15, 0.2) is 18.2 Å². The number of carbonyl (C=O) groups excluding carboxylic acids is 3. The summed E-state index contributed by atoms with van der Waals surface area (Å²) in [5.74, 6) is -2.16. The Morgan fingerprint density at radius 2 is 1.70 bits per heavy atom. The van der Waals surface area contributed by atoms with E-state index in [1.54, 1.807) is 12.1 Å². The van der Waals surface area contributed by atoms with Gasteiger partial charge in [-0.1, -0.05) is 44.0 Å². The van der Waals surface area contributed by atoms with E-state index in [1.165, 1.54) is 26.8 Å². The van der Waals surface area contributed by atoms with Gasteiger partial charge in [-0.05, 0) is 12.5 Å². The Morgan fingerprint density at radius 1 is 1.13 bits per heavy atom. The molecule has 0 spiro atoms. The van der Waals surface area contributed by atoms with Crippen molar-refractivity contribution in [2.24, 2.45) is 0 Å². The highest BCUT2D eigenvalue weighted by Crippen LogP contribution is 2.35. The molecule has 0 aliphatic rings. The SMILES string of the molecule is CC(=O)OC(C)=O.CC(=O)Oc1c(F)cccc1C(Br)CCBr. The first kappa shape index (κ1) is 21.7. The van der Waals surface area contributed by atoms with E-state index in [0.29, 0.717) is 5.56 Å². The molecule has 1 rings (SSSR count). The van der Waals surface area contributed by atoms with E-state index in [4.69, 9.17) is 4.74 Å². The van der Waals surface area contributed by atoms with Crippen molar-refractivity contribution in [2.45, 2.75) is 32.0 Å². The van der Waals surface area contributed by atoms with Crippen molar-refractivity contribution in [1.29, 1.82) is 0 Å². The molecule has 1 unspecified atom stereocenters. The Kier molecular flexibility index (Phi) is 10.7. The van der Waals surface area contributed by atoms with Crippen molar-refractivity contribution >= 4 is 49.8 Å². The van der Waals surface area contributed by atoms with Gasteiger partial charge < -0.3 is 9.47 Å². The summed E-state index contributed by atoms with van der Waals surface area (Å²) in [7, 11) is 0. The third-order valence-corrected chi connectivity index (χ3v) is 3.64. The molecule has 0 amide bonds. The topological polar surface area (TPSA) is 69.7 Å². The van der Waals surface area contributed by atoms with Crippen molar-refractivity contribution in [3.8, 4) is 5.75 Å². The zero-order valence-corrected chi connectivity index (χ0v) is 16.1. The van der Waals surface area contributed by atoms with Crippen LogP contribution in [0.25, 0.3) is 0 Å². The predicted molar refractivity (Wildman–Crippen MR) is 90.2 cm³/mol. The lowest BCUT2D eigenvalue weighted by Crippen LogP contribution is -2.07. The van der Waals surface area contributed by atoms with Gasteiger partial charge in [0, 0.05) is 36.5 Å². The lowest BCUT2D eigenvalue weighted by Gasteiger charge is -2.13. The van der Waals surface area contributed by atoms with Gasteiger partial charge in [-0.15, -0.1) is 0 Å². The summed E-state index contributed by atoms with van der Waals surface area (Å²) >= 11 is 6.74. The number of benzene rings is 1. The first-order chi connectivity index (χ1) is 10.7. The molecule has 1 aromatic rings. The molecule has 0 N–H and O–H groups in total. The number of carbonyl (C=O) groups is 3. The maximum Gasteiger partial charge on any atom is 0.310 e. The minimum absolute atomic E-state index is 0.0119. The van der Waals surface area contributed by atoms with Crippen molar-refractivity contribution < 1.29 is 28.2 Å². The number of ether oxygens (including phenoxy) is 2. The predicted octanol–water partition coefficient (Wildman–Crippen LogP) is 4.07. The molecule has 0 radical (unpaired) electrons. The molecule has 1 aromatic carbocycles. The Balaban J connectivity index is 0.000000585.